The van der Waals surface area contributed by atoms with Crippen LogP contribution in [0.3, 0.4) is 0 Å². The van der Waals surface area contributed by atoms with Gasteiger partial charge in [0.1, 0.15) is 13.2 Å². The fourth-order valence-corrected chi connectivity index (χ4v) is 8.03. The molecule has 6 heteroatoms. The van der Waals surface area contributed by atoms with Gasteiger partial charge in [0.25, 0.3) is 0 Å². The zero-order valence-corrected chi connectivity index (χ0v) is 43.3. The lowest BCUT2D eigenvalue weighted by atomic mass is 10.0. The van der Waals surface area contributed by atoms with E-state index in [4.69, 9.17) is 14.2 Å². The molecule has 65 heavy (non-hydrogen) atoms. The van der Waals surface area contributed by atoms with Crippen LogP contribution in [0.2, 0.25) is 0 Å². The largest absolute Gasteiger partial charge is 0.462 e. The summed E-state index contributed by atoms with van der Waals surface area (Å²) in [4.78, 5) is 38.1. The average Bonchev–Trinajstić information content (AvgIpc) is 3.30. The molecule has 378 valence electrons. The zero-order chi connectivity index (χ0) is 47.2. The molecule has 0 aliphatic carbocycles. The molecule has 0 aromatic heterocycles. The van der Waals surface area contributed by atoms with Crippen molar-refractivity contribution in [3.63, 3.8) is 0 Å². The number of hydrogen-bond acceptors (Lipinski definition) is 6. The first-order chi connectivity index (χ1) is 32.0. The Morgan fingerprint density at radius 2 is 0.554 bits per heavy atom. The van der Waals surface area contributed by atoms with Crippen molar-refractivity contribution in [1.82, 2.24) is 0 Å². The quantitative estimate of drug-likeness (QED) is 0.0262. The molecule has 0 bridgehead atoms. The van der Waals surface area contributed by atoms with E-state index in [9.17, 15) is 14.4 Å². The third kappa shape index (κ3) is 52.2. The Labute approximate surface area is 403 Å². The Hall–Kier alpha value is -2.63. The highest BCUT2D eigenvalue weighted by molar-refractivity contribution is 5.71. The van der Waals surface area contributed by atoms with Crippen molar-refractivity contribution in [1.29, 1.82) is 0 Å². The molecular formula is C59H106O6. The van der Waals surface area contributed by atoms with E-state index >= 15 is 0 Å². The smallest absolute Gasteiger partial charge is 0.306 e. The molecule has 0 saturated heterocycles. The maximum absolute atomic E-state index is 12.8. The monoisotopic (exact) mass is 911 g/mol. The van der Waals surface area contributed by atoms with Gasteiger partial charge in [-0.3, -0.25) is 14.4 Å². The highest BCUT2D eigenvalue weighted by Gasteiger charge is 2.19. The van der Waals surface area contributed by atoms with E-state index in [0.29, 0.717) is 19.3 Å². The summed E-state index contributed by atoms with van der Waals surface area (Å²) in [6.07, 6.45) is 65.2. The van der Waals surface area contributed by atoms with Gasteiger partial charge in [0.05, 0.1) is 0 Å². The van der Waals surface area contributed by atoms with Crippen molar-refractivity contribution >= 4 is 17.9 Å². The first-order valence-corrected chi connectivity index (χ1v) is 28.1. The highest BCUT2D eigenvalue weighted by atomic mass is 16.6. The molecule has 1 unspecified atom stereocenters. The van der Waals surface area contributed by atoms with Crippen LogP contribution in [0.5, 0.6) is 0 Å². The van der Waals surface area contributed by atoms with Crippen LogP contribution >= 0.6 is 0 Å². The van der Waals surface area contributed by atoms with Crippen LogP contribution in [-0.2, 0) is 28.6 Å². The first kappa shape index (κ1) is 62.4. The molecule has 0 fully saturated rings. The van der Waals surface area contributed by atoms with Crippen LogP contribution < -0.4 is 0 Å². The van der Waals surface area contributed by atoms with Gasteiger partial charge in [0, 0.05) is 19.3 Å². The fourth-order valence-electron chi connectivity index (χ4n) is 8.03. The van der Waals surface area contributed by atoms with E-state index in [-0.39, 0.29) is 31.1 Å². The molecule has 0 rings (SSSR count). The molecule has 0 spiro atoms. The zero-order valence-electron chi connectivity index (χ0n) is 43.3. The van der Waals surface area contributed by atoms with Gasteiger partial charge < -0.3 is 14.2 Å². The van der Waals surface area contributed by atoms with Crippen LogP contribution in [0.25, 0.3) is 0 Å². The molecule has 1 atom stereocenters. The maximum Gasteiger partial charge on any atom is 0.306 e. The second kappa shape index (κ2) is 54.0. The third-order valence-corrected chi connectivity index (χ3v) is 12.3. The van der Waals surface area contributed by atoms with E-state index in [1.54, 1.807) is 0 Å². The molecule has 0 saturated carbocycles. The predicted octanol–water partition coefficient (Wildman–Crippen LogP) is 18.7. The summed E-state index contributed by atoms with van der Waals surface area (Å²) in [5.74, 6) is -0.896. The summed E-state index contributed by atoms with van der Waals surface area (Å²) < 4.78 is 16.8. The summed E-state index contributed by atoms with van der Waals surface area (Å²) in [5.41, 5.74) is 0. The van der Waals surface area contributed by atoms with Crippen LogP contribution in [0, 0.1) is 0 Å². The van der Waals surface area contributed by atoms with Crippen LogP contribution in [0.15, 0.2) is 48.6 Å². The summed E-state index contributed by atoms with van der Waals surface area (Å²) in [6, 6.07) is 0. The lowest BCUT2D eigenvalue weighted by Gasteiger charge is -2.18. The van der Waals surface area contributed by atoms with Crippen molar-refractivity contribution in [2.45, 2.75) is 297 Å². The van der Waals surface area contributed by atoms with Gasteiger partial charge in [-0.1, -0.05) is 236 Å². The summed E-state index contributed by atoms with van der Waals surface area (Å²) in [5, 5.41) is 0. The normalized spacial score (nSPS) is 12.4. The predicted molar refractivity (Wildman–Crippen MR) is 279 cm³/mol. The fraction of sp³-hybridized carbons (Fsp3) is 0.814. The van der Waals surface area contributed by atoms with Crippen molar-refractivity contribution in [2.24, 2.45) is 0 Å². The number of unbranched alkanes of at least 4 members (excludes halogenated alkanes) is 32. The molecule has 0 N–H and O–H groups in total. The minimum Gasteiger partial charge on any atom is -0.462 e. The third-order valence-electron chi connectivity index (χ3n) is 12.3. The lowest BCUT2D eigenvalue weighted by molar-refractivity contribution is -0.167. The number of esters is 3. The minimum absolute atomic E-state index is 0.0807. The molecule has 0 aromatic rings. The molecular weight excluding hydrogens is 805 g/mol. The molecule has 0 aliphatic heterocycles. The van der Waals surface area contributed by atoms with E-state index < -0.39 is 6.10 Å². The number of carbonyl (C=O) groups excluding carboxylic acids is 3. The van der Waals surface area contributed by atoms with E-state index in [0.717, 1.165) is 103 Å². The number of carbonyl (C=O) groups is 3. The van der Waals surface area contributed by atoms with Gasteiger partial charge in [0.2, 0.25) is 0 Å². The van der Waals surface area contributed by atoms with E-state index in [1.807, 2.05) is 0 Å². The second-order valence-corrected chi connectivity index (χ2v) is 18.8. The van der Waals surface area contributed by atoms with Gasteiger partial charge in [-0.2, -0.15) is 0 Å². The van der Waals surface area contributed by atoms with Gasteiger partial charge in [0.15, 0.2) is 6.10 Å². The second-order valence-electron chi connectivity index (χ2n) is 18.8. The molecule has 0 amide bonds. The van der Waals surface area contributed by atoms with Gasteiger partial charge in [-0.05, 0) is 83.5 Å². The minimum atomic E-state index is -0.784. The van der Waals surface area contributed by atoms with Crippen molar-refractivity contribution in [2.75, 3.05) is 13.2 Å². The first-order valence-electron chi connectivity index (χ1n) is 28.1. The molecule has 0 aromatic carbocycles. The molecule has 0 aliphatic rings. The Morgan fingerprint density at radius 1 is 0.308 bits per heavy atom. The van der Waals surface area contributed by atoms with Gasteiger partial charge in [-0.25, -0.2) is 0 Å². The number of rotatable bonds is 51. The number of allylic oxidation sites excluding steroid dienone is 8. The lowest BCUT2D eigenvalue weighted by Crippen LogP contribution is -2.30. The standard InChI is InChI=1S/C59H106O6/c1-4-7-10-13-16-19-22-25-28-29-32-34-37-40-43-46-49-52-58(61)64-55-56(65-59(62)53-50-47-44-41-38-35-31-27-24-21-18-15-12-9-6-3)54-63-57(60)51-48-45-42-39-36-33-30-26-23-20-17-14-11-8-5-2/h17-18,20-21,26-27,30-31,56H,4-16,19,22-25,28-29,32-55H2,1-3H3/b20-17-,21-18-,30-26-,31-27-. The van der Waals surface area contributed by atoms with E-state index in [2.05, 4.69) is 69.4 Å². The van der Waals surface area contributed by atoms with Gasteiger partial charge in [-0.15, -0.1) is 0 Å². The Balaban J connectivity index is 4.39. The Kier molecular flexibility index (Phi) is 51.8. The van der Waals surface area contributed by atoms with Crippen LogP contribution in [0.1, 0.15) is 290 Å². The van der Waals surface area contributed by atoms with Crippen molar-refractivity contribution in [3.8, 4) is 0 Å². The van der Waals surface area contributed by atoms with Crippen LogP contribution in [-0.4, -0.2) is 37.2 Å². The molecule has 0 radical (unpaired) electrons. The van der Waals surface area contributed by atoms with Crippen molar-refractivity contribution < 1.29 is 28.6 Å². The van der Waals surface area contributed by atoms with E-state index in [1.165, 1.54) is 148 Å². The van der Waals surface area contributed by atoms with Gasteiger partial charge >= 0.3 is 17.9 Å². The summed E-state index contributed by atoms with van der Waals surface area (Å²) in [7, 11) is 0. The molecule has 0 heterocycles. The van der Waals surface area contributed by atoms with Crippen LogP contribution in [0.4, 0.5) is 0 Å². The number of ether oxygens (including phenoxy) is 3. The summed E-state index contributed by atoms with van der Waals surface area (Å²) in [6.45, 7) is 6.59. The maximum atomic E-state index is 12.8. The Morgan fingerprint density at radius 3 is 0.877 bits per heavy atom. The van der Waals surface area contributed by atoms with Crippen molar-refractivity contribution in [3.05, 3.63) is 48.6 Å². The highest BCUT2D eigenvalue weighted by Crippen LogP contribution is 2.16. The topological polar surface area (TPSA) is 78.9 Å². The summed E-state index contributed by atoms with van der Waals surface area (Å²) >= 11 is 0. The number of hydrogen-bond donors (Lipinski definition) is 0. The average molecular weight is 911 g/mol. The Bertz CT molecular complexity index is 1140. The molecule has 6 nitrogen and oxygen atoms in total. The SMILES string of the molecule is CCCCC/C=C\C/C=C\CCCCCCCC(=O)OCC(COC(=O)CCCCCCCCCCCCCCCCCCC)OC(=O)CCCCCCC/C=C\C/C=C\CCCCC.